The summed E-state index contributed by atoms with van der Waals surface area (Å²) in [6.45, 7) is 4.41. The van der Waals surface area contributed by atoms with Crippen molar-refractivity contribution in [3.8, 4) is 11.3 Å². The minimum Gasteiger partial charge on any atom is -0.379 e. The number of hydrogen-bond donors (Lipinski definition) is 2. The fraction of sp³-hybridized carbons (Fsp3) is 0.261. The van der Waals surface area contributed by atoms with Crippen LogP contribution in [0.5, 0.6) is 0 Å². The van der Waals surface area contributed by atoms with E-state index >= 15 is 0 Å². The van der Waals surface area contributed by atoms with E-state index in [1.54, 1.807) is 31.2 Å². The van der Waals surface area contributed by atoms with Crippen molar-refractivity contribution in [2.75, 3.05) is 36.9 Å². The lowest BCUT2D eigenvalue weighted by molar-refractivity contribution is -0.114. The van der Waals surface area contributed by atoms with Gasteiger partial charge >= 0.3 is 0 Å². The van der Waals surface area contributed by atoms with Gasteiger partial charge in [-0.15, -0.1) is 11.3 Å². The molecular weight excluding hydrogens is 476 g/mol. The molecule has 0 unspecified atom stereocenters. The Bertz CT molecular complexity index is 1310. The van der Waals surface area contributed by atoms with Gasteiger partial charge in [0, 0.05) is 42.2 Å². The predicted molar refractivity (Wildman–Crippen MR) is 131 cm³/mol. The summed E-state index contributed by atoms with van der Waals surface area (Å²) in [6.07, 6.45) is 0. The Morgan fingerprint density at radius 2 is 1.76 bits per heavy atom. The van der Waals surface area contributed by atoms with Gasteiger partial charge in [0.15, 0.2) is 5.13 Å². The summed E-state index contributed by atoms with van der Waals surface area (Å²) >= 11 is 1.26. The third kappa shape index (κ3) is 5.33. The number of morpholine rings is 1. The number of amides is 2. The SMILES string of the molecule is CC(=O)Nc1ccc(-c2csc(NC(=O)c3ccc(C)c(S(=O)(=O)N4CCOCC4)c3)n2)cc1. The largest absolute Gasteiger partial charge is 0.379 e. The summed E-state index contributed by atoms with van der Waals surface area (Å²) in [5.74, 6) is -0.594. The summed E-state index contributed by atoms with van der Waals surface area (Å²) < 4.78 is 32.8. The minimum absolute atomic E-state index is 0.112. The second-order valence-corrected chi connectivity index (χ2v) is 10.5. The van der Waals surface area contributed by atoms with Crippen LogP contribution in [0.3, 0.4) is 0 Å². The number of hydrogen-bond acceptors (Lipinski definition) is 7. The van der Waals surface area contributed by atoms with Crippen molar-refractivity contribution in [2.45, 2.75) is 18.7 Å². The lowest BCUT2D eigenvalue weighted by Gasteiger charge is -2.26. The number of ether oxygens (including phenoxy) is 1. The molecule has 2 amide bonds. The lowest BCUT2D eigenvalue weighted by atomic mass is 10.1. The molecule has 0 bridgehead atoms. The number of carbonyl (C=O) groups is 2. The molecule has 1 aromatic heterocycles. The van der Waals surface area contributed by atoms with Crippen molar-refractivity contribution in [2.24, 2.45) is 0 Å². The average molecular weight is 501 g/mol. The van der Waals surface area contributed by atoms with Crippen LogP contribution in [0, 0.1) is 6.92 Å². The molecule has 1 aliphatic heterocycles. The fourth-order valence-corrected chi connectivity index (χ4v) is 5.88. The number of thiazole rings is 1. The van der Waals surface area contributed by atoms with Crippen LogP contribution in [0.4, 0.5) is 10.8 Å². The van der Waals surface area contributed by atoms with Crippen molar-refractivity contribution in [1.82, 2.24) is 9.29 Å². The molecule has 0 aliphatic carbocycles. The smallest absolute Gasteiger partial charge is 0.257 e. The highest BCUT2D eigenvalue weighted by Gasteiger charge is 2.28. The van der Waals surface area contributed by atoms with E-state index in [1.807, 2.05) is 17.5 Å². The van der Waals surface area contributed by atoms with Crippen molar-refractivity contribution >= 4 is 44.0 Å². The van der Waals surface area contributed by atoms with Gasteiger partial charge in [-0.25, -0.2) is 13.4 Å². The molecule has 0 atom stereocenters. The van der Waals surface area contributed by atoms with Crippen molar-refractivity contribution in [1.29, 1.82) is 0 Å². The molecule has 0 spiro atoms. The summed E-state index contributed by atoms with van der Waals surface area (Å²) in [5.41, 5.74) is 2.99. The number of nitrogens with one attached hydrogen (secondary N) is 2. The summed E-state index contributed by atoms with van der Waals surface area (Å²) in [4.78, 5) is 28.6. The monoisotopic (exact) mass is 500 g/mol. The summed E-state index contributed by atoms with van der Waals surface area (Å²) in [5, 5.41) is 7.66. The van der Waals surface area contributed by atoms with Crippen LogP contribution < -0.4 is 10.6 Å². The Morgan fingerprint density at radius 1 is 1.06 bits per heavy atom. The standard InChI is InChI=1S/C23H24N4O5S2/c1-15-3-4-18(13-21(15)34(30,31)27-9-11-32-12-10-27)22(29)26-23-25-20(14-33-23)17-5-7-19(8-6-17)24-16(2)28/h3-8,13-14H,9-12H2,1-2H3,(H,24,28)(H,25,26,29). The summed E-state index contributed by atoms with van der Waals surface area (Å²) in [7, 11) is -3.73. The van der Waals surface area contributed by atoms with Gasteiger partial charge in [0.2, 0.25) is 15.9 Å². The molecule has 1 fully saturated rings. The van der Waals surface area contributed by atoms with Crippen LogP contribution in [0.1, 0.15) is 22.8 Å². The van der Waals surface area contributed by atoms with Crippen molar-refractivity contribution in [3.63, 3.8) is 0 Å². The van der Waals surface area contributed by atoms with Crippen molar-refractivity contribution < 1.29 is 22.7 Å². The van der Waals surface area contributed by atoms with Gasteiger partial charge < -0.3 is 10.1 Å². The first-order valence-electron chi connectivity index (χ1n) is 10.6. The third-order valence-electron chi connectivity index (χ3n) is 5.26. The molecule has 34 heavy (non-hydrogen) atoms. The van der Waals surface area contributed by atoms with E-state index in [2.05, 4.69) is 15.6 Å². The Kier molecular flexibility index (Phi) is 7.08. The first-order chi connectivity index (χ1) is 16.2. The molecule has 4 rings (SSSR count). The maximum Gasteiger partial charge on any atom is 0.257 e. The van der Waals surface area contributed by atoms with Crippen LogP contribution in [-0.2, 0) is 19.6 Å². The molecular formula is C23H24N4O5S2. The molecule has 2 heterocycles. The normalized spacial score (nSPS) is 14.5. The van der Waals surface area contributed by atoms with Gasteiger partial charge in [0.05, 0.1) is 23.8 Å². The first kappa shape index (κ1) is 24.0. The number of rotatable bonds is 6. The molecule has 0 saturated carbocycles. The second-order valence-electron chi connectivity index (χ2n) is 7.75. The molecule has 11 heteroatoms. The third-order valence-corrected chi connectivity index (χ3v) is 8.06. The quantitative estimate of drug-likeness (QED) is 0.536. The van der Waals surface area contributed by atoms with E-state index in [9.17, 15) is 18.0 Å². The number of carbonyl (C=O) groups excluding carboxylic acids is 2. The highest BCUT2D eigenvalue weighted by Crippen LogP contribution is 2.27. The molecule has 1 aliphatic rings. The van der Waals surface area contributed by atoms with E-state index in [0.717, 1.165) is 5.56 Å². The Labute approximate surface area is 201 Å². The molecule has 178 valence electrons. The van der Waals surface area contributed by atoms with Crippen LogP contribution in [0.15, 0.2) is 52.7 Å². The molecule has 0 radical (unpaired) electrons. The Hall–Kier alpha value is -3.12. The van der Waals surface area contributed by atoms with Gasteiger partial charge in [0.25, 0.3) is 5.91 Å². The van der Waals surface area contributed by atoms with E-state index in [-0.39, 0.29) is 29.5 Å². The number of nitrogens with zero attached hydrogens (tertiary/aromatic N) is 2. The zero-order chi connectivity index (χ0) is 24.3. The number of sulfonamides is 1. The van der Waals surface area contributed by atoms with Crippen LogP contribution in [-0.4, -0.2) is 55.8 Å². The number of benzene rings is 2. The highest BCUT2D eigenvalue weighted by molar-refractivity contribution is 7.89. The predicted octanol–water partition coefficient (Wildman–Crippen LogP) is 3.35. The van der Waals surface area contributed by atoms with Gasteiger partial charge in [0.1, 0.15) is 0 Å². The molecule has 2 aromatic carbocycles. The number of aromatic nitrogens is 1. The zero-order valence-electron chi connectivity index (χ0n) is 18.7. The van der Waals surface area contributed by atoms with Crippen LogP contribution in [0.25, 0.3) is 11.3 Å². The average Bonchev–Trinajstić information content (AvgIpc) is 3.28. The molecule has 3 aromatic rings. The Morgan fingerprint density at radius 3 is 2.44 bits per heavy atom. The van der Waals surface area contributed by atoms with Crippen molar-refractivity contribution in [3.05, 3.63) is 59.0 Å². The lowest BCUT2D eigenvalue weighted by Crippen LogP contribution is -2.40. The Balaban J connectivity index is 1.50. The maximum atomic E-state index is 13.1. The molecule has 1 saturated heterocycles. The van der Waals surface area contributed by atoms with Gasteiger partial charge in [-0.3, -0.25) is 14.9 Å². The van der Waals surface area contributed by atoms with Gasteiger partial charge in [-0.1, -0.05) is 18.2 Å². The number of aryl methyl sites for hydroxylation is 1. The second kappa shape index (κ2) is 10.0. The minimum atomic E-state index is -3.73. The number of anilines is 2. The van der Waals surface area contributed by atoms with E-state index in [4.69, 9.17) is 4.74 Å². The van der Waals surface area contributed by atoms with E-state index in [0.29, 0.717) is 35.3 Å². The topological polar surface area (TPSA) is 118 Å². The first-order valence-corrected chi connectivity index (χ1v) is 12.9. The fourth-order valence-electron chi connectivity index (χ4n) is 3.51. The van der Waals surface area contributed by atoms with Gasteiger partial charge in [-0.05, 0) is 36.8 Å². The van der Waals surface area contributed by atoms with Gasteiger partial charge in [-0.2, -0.15) is 4.31 Å². The highest BCUT2D eigenvalue weighted by atomic mass is 32.2. The molecule has 9 nitrogen and oxygen atoms in total. The van der Waals surface area contributed by atoms with E-state index in [1.165, 1.54) is 28.6 Å². The van der Waals surface area contributed by atoms with Crippen LogP contribution >= 0.6 is 11.3 Å². The zero-order valence-corrected chi connectivity index (χ0v) is 20.3. The maximum absolute atomic E-state index is 13.1. The van der Waals surface area contributed by atoms with E-state index < -0.39 is 15.9 Å². The van der Waals surface area contributed by atoms with Crippen LogP contribution in [0.2, 0.25) is 0 Å². The summed E-state index contributed by atoms with van der Waals surface area (Å²) in [6, 6.07) is 11.8. The molecule has 2 N–H and O–H groups in total.